The van der Waals surface area contributed by atoms with Crippen molar-refractivity contribution in [2.24, 2.45) is 12.1 Å². The van der Waals surface area contributed by atoms with E-state index in [0.29, 0.717) is 5.71 Å². The van der Waals surface area contributed by atoms with Crippen LogP contribution in [0.3, 0.4) is 0 Å². The van der Waals surface area contributed by atoms with Gasteiger partial charge in [-0.15, -0.1) is 0 Å². The van der Waals surface area contributed by atoms with E-state index in [-0.39, 0.29) is 36.4 Å². The fourth-order valence-corrected chi connectivity index (χ4v) is 3.02. The Bertz CT molecular complexity index is 1240. The SMILES string of the molecule is CC(/C=C/c1ccccc1)=N\Nc1nc2c(c(=O)[nH]c(=O)n2C)n1C[C@@H](O)COC(C)C. The minimum absolute atomic E-state index is 0.0290. The fourth-order valence-electron chi connectivity index (χ4n) is 3.02. The van der Waals surface area contributed by atoms with E-state index in [9.17, 15) is 14.7 Å². The lowest BCUT2D eigenvalue weighted by Gasteiger charge is -2.15. The molecule has 10 heteroatoms. The molecule has 0 fully saturated rings. The molecule has 3 N–H and O–H groups in total. The Morgan fingerprint density at radius 2 is 2.03 bits per heavy atom. The molecule has 0 unspecified atom stereocenters. The maximum absolute atomic E-state index is 12.5. The predicted molar refractivity (Wildman–Crippen MR) is 125 cm³/mol. The second-order valence-electron chi connectivity index (χ2n) is 7.68. The number of benzene rings is 1. The van der Waals surface area contributed by atoms with Gasteiger partial charge in [-0.05, 0) is 32.4 Å². The minimum atomic E-state index is -0.893. The number of fused-ring (bicyclic) bond motifs is 1. The van der Waals surface area contributed by atoms with E-state index >= 15 is 0 Å². The van der Waals surface area contributed by atoms with Gasteiger partial charge in [0.05, 0.1) is 31.1 Å². The van der Waals surface area contributed by atoms with Crippen LogP contribution in [0.1, 0.15) is 26.3 Å². The summed E-state index contributed by atoms with van der Waals surface area (Å²) in [5.74, 6) is 0.225. The molecule has 1 atom stereocenters. The van der Waals surface area contributed by atoms with Crippen LogP contribution in [0.15, 0.2) is 51.1 Å². The van der Waals surface area contributed by atoms with Crippen molar-refractivity contribution in [2.45, 2.75) is 39.5 Å². The van der Waals surface area contributed by atoms with Crippen molar-refractivity contribution in [1.82, 2.24) is 19.1 Å². The summed E-state index contributed by atoms with van der Waals surface area (Å²) < 4.78 is 8.20. The molecule has 3 rings (SSSR count). The van der Waals surface area contributed by atoms with Crippen LogP contribution in [0.25, 0.3) is 17.2 Å². The van der Waals surface area contributed by atoms with Gasteiger partial charge in [0, 0.05) is 7.05 Å². The van der Waals surface area contributed by atoms with Crippen molar-refractivity contribution in [3.8, 4) is 0 Å². The third kappa shape index (κ3) is 5.59. The van der Waals surface area contributed by atoms with Crippen LogP contribution in [-0.4, -0.2) is 48.7 Å². The number of hydrazone groups is 1. The maximum Gasteiger partial charge on any atom is 0.329 e. The predicted octanol–water partition coefficient (Wildman–Crippen LogP) is 1.71. The van der Waals surface area contributed by atoms with Crippen LogP contribution in [-0.2, 0) is 18.3 Å². The van der Waals surface area contributed by atoms with Gasteiger partial charge in [0.1, 0.15) is 0 Å². The third-order valence-electron chi connectivity index (χ3n) is 4.67. The molecule has 0 spiro atoms. The zero-order valence-electron chi connectivity index (χ0n) is 18.6. The molecule has 0 amide bonds. The smallest absolute Gasteiger partial charge is 0.329 e. The Morgan fingerprint density at radius 3 is 2.72 bits per heavy atom. The van der Waals surface area contributed by atoms with Gasteiger partial charge in [-0.2, -0.15) is 10.1 Å². The number of aliphatic hydroxyl groups is 1. The number of aromatic nitrogens is 4. The number of anilines is 1. The lowest BCUT2D eigenvalue weighted by molar-refractivity contribution is -0.000105. The number of nitrogens with zero attached hydrogens (tertiary/aromatic N) is 4. The zero-order valence-corrected chi connectivity index (χ0v) is 18.6. The third-order valence-corrected chi connectivity index (χ3v) is 4.67. The number of allylic oxidation sites excluding steroid dienone is 1. The highest BCUT2D eigenvalue weighted by atomic mass is 16.5. The van der Waals surface area contributed by atoms with Gasteiger partial charge in [0.2, 0.25) is 5.95 Å². The van der Waals surface area contributed by atoms with Gasteiger partial charge in [0.25, 0.3) is 5.56 Å². The van der Waals surface area contributed by atoms with E-state index in [4.69, 9.17) is 4.74 Å². The molecule has 1 aromatic carbocycles. The molecule has 32 heavy (non-hydrogen) atoms. The normalized spacial score (nSPS) is 13.4. The number of rotatable bonds is 9. The maximum atomic E-state index is 12.5. The van der Waals surface area contributed by atoms with Crippen molar-refractivity contribution < 1.29 is 9.84 Å². The van der Waals surface area contributed by atoms with E-state index in [1.54, 1.807) is 0 Å². The average molecular weight is 441 g/mol. The van der Waals surface area contributed by atoms with Crippen LogP contribution in [0.5, 0.6) is 0 Å². The Balaban J connectivity index is 1.93. The summed E-state index contributed by atoms with van der Waals surface area (Å²) >= 11 is 0. The van der Waals surface area contributed by atoms with Crippen LogP contribution >= 0.6 is 0 Å². The molecular formula is C22H28N6O4. The number of aromatic amines is 1. The molecule has 0 aliphatic rings. The van der Waals surface area contributed by atoms with Gasteiger partial charge in [-0.3, -0.25) is 14.3 Å². The highest BCUT2D eigenvalue weighted by Gasteiger charge is 2.19. The summed E-state index contributed by atoms with van der Waals surface area (Å²) in [5.41, 5.74) is 3.72. The highest BCUT2D eigenvalue weighted by Crippen LogP contribution is 2.16. The van der Waals surface area contributed by atoms with Gasteiger partial charge in [-0.1, -0.05) is 36.4 Å². The van der Waals surface area contributed by atoms with Gasteiger partial charge in [0.15, 0.2) is 11.2 Å². The molecule has 0 saturated carbocycles. The topological polar surface area (TPSA) is 127 Å². The van der Waals surface area contributed by atoms with Crippen LogP contribution in [0.4, 0.5) is 5.95 Å². The first kappa shape index (κ1) is 23.2. The molecule has 2 aromatic heterocycles. The van der Waals surface area contributed by atoms with E-state index in [0.717, 1.165) is 5.56 Å². The second-order valence-corrected chi connectivity index (χ2v) is 7.68. The summed E-state index contributed by atoms with van der Waals surface area (Å²) in [4.78, 5) is 31.2. The first-order chi connectivity index (χ1) is 15.3. The van der Waals surface area contributed by atoms with Crippen molar-refractivity contribution in [1.29, 1.82) is 0 Å². The molecule has 0 aliphatic carbocycles. The first-order valence-corrected chi connectivity index (χ1v) is 10.3. The van der Waals surface area contributed by atoms with Gasteiger partial charge < -0.3 is 14.4 Å². The average Bonchev–Trinajstić information content (AvgIpc) is 3.12. The fraction of sp³-hybridized carbons (Fsp3) is 0.364. The molecule has 0 radical (unpaired) electrons. The molecule has 10 nitrogen and oxygen atoms in total. The zero-order chi connectivity index (χ0) is 23.3. The number of ether oxygens (including phenoxy) is 1. The Labute approximate surface area is 184 Å². The summed E-state index contributed by atoms with van der Waals surface area (Å²) in [6.45, 7) is 5.66. The summed E-state index contributed by atoms with van der Waals surface area (Å²) in [7, 11) is 1.51. The largest absolute Gasteiger partial charge is 0.389 e. The summed E-state index contributed by atoms with van der Waals surface area (Å²) in [6.07, 6.45) is 2.82. The van der Waals surface area contributed by atoms with Crippen molar-refractivity contribution >= 4 is 28.9 Å². The van der Waals surface area contributed by atoms with Crippen LogP contribution < -0.4 is 16.7 Å². The number of hydrogen-bond donors (Lipinski definition) is 3. The number of nitrogens with one attached hydrogen (secondary N) is 2. The highest BCUT2D eigenvalue weighted by molar-refractivity contribution is 5.96. The summed E-state index contributed by atoms with van der Waals surface area (Å²) in [5, 5.41) is 14.7. The lowest BCUT2D eigenvalue weighted by Crippen LogP contribution is -2.30. The number of H-pyrrole nitrogens is 1. The monoisotopic (exact) mass is 440 g/mol. The number of aryl methyl sites for hydroxylation is 1. The molecule has 0 bridgehead atoms. The standard InChI is InChI=1S/C22H28N6O4/c1-14(2)32-13-17(29)12-28-18-19(27(4)22(31)24-20(18)30)23-21(28)26-25-15(3)10-11-16-8-6-5-7-9-16/h5-11,14,17,29H,12-13H2,1-4H3,(H,23,26)(H,24,30,31)/b11-10+,25-15+/t17-/m1/s1. The van der Waals surface area contributed by atoms with Crippen LogP contribution in [0, 0.1) is 0 Å². The van der Waals surface area contributed by atoms with E-state index in [2.05, 4.69) is 20.5 Å². The Hall–Kier alpha value is -3.50. The molecule has 0 saturated heterocycles. The van der Waals surface area contributed by atoms with Crippen molar-refractivity contribution in [2.75, 3.05) is 12.0 Å². The van der Waals surface area contributed by atoms with E-state index in [1.807, 2.05) is 63.3 Å². The lowest BCUT2D eigenvalue weighted by atomic mass is 10.2. The van der Waals surface area contributed by atoms with Crippen LogP contribution in [0.2, 0.25) is 0 Å². The van der Waals surface area contributed by atoms with Gasteiger partial charge in [-0.25, -0.2) is 10.2 Å². The number of imidazole rings is 1. The molecule has 3 aromatic rings. The van der Waals surface area contributed by atoms with E-state index in [1.165, 1.54) is 16.2 Å². The quantitative estimate of drug-likeness (QED) is 0.343. The molecular weight excluding hydrogens is 412 g/mol. The van der Waals surface area contributed by atoms with Crippen molar-refractivity contribution in [3.63, 3.8) is 0 Å². The number of hydrogen-bond acceptors (Lipinski definition) is 7. The van der Waals surface area contributed by atoms with E-state index < -0.39 is 17.4 Å². The van der Waals surface area contributed by atoms with Crippen molar-refractivity contribution in [3.05, 3.63) is 62.8 Å². The molecule has 170 valence electrons. The molecule has 2 heterocycles. The molecule has 0 aliphatic heterocycles. The van der Waals surface area contributed by atoms with Gasteiger partial charge >= 0.3 is 5.69 Å². The Kier molecular flexibility index (Phi) is 7.39. The second kappa shape index (κ2) is 10.2. The summed E-state index contributed by atoms with van der Waals surface area (Å²) in [6, 6.07) is 9.79. The number of aliphatic hydroxyl groups excluding tert-OH is 1. The first-order valence-electron chi connectivity index (χ1n) is 10.3. The minimum Gasteiger partial charge on any atom is -0.389 e. The Morgan fingerprint density at radius 1 is 1.31 bits per heavy atom.